The minimum atomic E-state index is -0.784. The summed E-state index contributed by atoms with van der Waals surface area (Å²) in [5.41, 5.74) is 2.09. The Balaban J connectivity index is 1.95. The zero-order chi connectivity index (χ0) is 21.6. The van der Waals surface area contributed by atoms with E-state index in [1.54, 1.807) is 0 Å². The van der Waals surface area contributed by atoms with Crippen LogP contribution in [0.5, 0.6) is 0 Å². The van der Waals surface area contributed by atoms with Gasteiger partial charge < -0.3 is 10.6 Å². The second kappa shape index (κ2) is 9.40. The van der Waals surface area contributed by atoms with E-state index in [1.165, 1.54) is 0 Å². The Labute approximate surface area is 178 Å². The molecule has 0 fully saturated rings. The van der Waals surface area contributed by atoms with E-state index in [0.29, 0.717) is 0 Å². The second-order valence-electron chi connectivity index (χ2n) is 8.35. The molecule has 0 saturated carbocycles. The van der Waals surface area contributed by atoms with E-state index < -0.39 is 17.5 Å². The number of carbonyl (C=O) groups excluding carboxylic acids is 2. The van der Waals surface area contributed by atoms with Crippen molar-refractivity contribution in [2.24, 2.45) is 0 Å². The van der Waals surface area contributed by atoms with E-state index in [2.05, 4.69) is 10.6 Å². The summed E-state index contributed by atoms with van der Waals surface area (Å²) in [4.78, 5) is 26.6. The predicted molar refractivity (Wildman–Crippen MR) is 120 cm³/mol. The normalized spacial score (nSPS) is 12.3. The van der Waals surface area contributed by atoms with Crippen LogP contribution in [0.2, 0.25) is 0 Å². The molecular formula is C26H28N2O2. The number of benzene rings is 3. The van der Waals surface area contributed by atoms with Gasteiger partial charge >= 0.3 is 0 Å². The Hall–Kier alpha value is -3.40. The summed E-state index contributed by atoms with van der Waals surface area (Å²) in [5, 5.41) is 5.99. The number of amides is 2. The van der Waals surface area contributed by atoms with E-state index in [4.69, 9.17) is 0 Å². The summed E-state index contributed by atoms with van der Waals surface area (Å²) in [7, 11) is 0. The van der Waals surface area contributed by atoms with Crippen molar-refractivity contribution in [1.29, 1.82) is 0 Å². The summed E-state index contributed by atoms with van der Waals surface area (Å²) in [6.45, 7) is 5.77. The zero-order valence-corrected chi connectivity index (χ0v) is 17.6. The average Bonchev–Trinajstić information content (AvgIpc) is 2.73. The van der Waals surface area contributed by atoms with Crippen LogP contribution in [0.15, 0.2) is 91.0 Å². The van der Waals surface area contributed by atoms with Crippen molar-refractivity contribution >= 4 is 11.8 Å². The van der Waals surface area contributed by atoms with Crippen LogP contribution in [0.4, 0.5) is 0 Å². The van der Waals surface area contributed by atoms with E-state index in [9.17, 15) is 9.59 Å². The molecule has 2 amide bonds. The van der Waals surface area contributed by atoms with Crippen molar-refractivity contribution < 1.29 is 9.59 Å². The Morgan fingerprint density at radius 2 is 1.03 bits per heavy atom. The van der Waals surface area contributed by atoms with Crippen LogP contribution in [0, 0.1) is 0 Å². The van der Waals surface area contributed by atoms with E-state index >= 15 is 0 Å². The van der Waals surface area contributed by atoms with Crippen LogP contribution in [-0.4, -0.2) is 17.4 Å². The van der Waals surface area contributed by atoms with Gasteiger partial charge in [-0.25, -0.2) is 0 Å². The first-order valence-electron chi connectivity index (χ1n) is 10.1. The smallest absolute Gasteiger partial charge is 0.247 e. The summed E-state index contributed by atoms with van der Waals surface area (Å²) < 4.78 is 0. The Bertz CT molecular complexity index is 925. The molecule has 0 radical (unpaired) electrons. The molecule has 154 valence electrons. The molecule has 3 aromatic rings. The van der Waals surface area contributed by atoms with E-state index in [-0.39, 0.29) is 11.8 Å². The highest BCUT2D eigenvalue weighted by atomic mass is 16.2. The molecule has 0 saturated heterocycles. The fraction of sp³-hybridized carbons (Fsp3) is 0.231. The van der Waals surface area contributed by atoms with Crippen molar-refractivity contribution in [2.45, 2.75) is 38.3 Å². The largest absolute Gasteiger partial charge is 0.349 e. The lowest BCUT2D eigenvalue weighted by atomic mass is 9.90. The van der Waals surface area contributed by atoms with Crippen LogP contribution in [0.3, 0.4) is 0 Å². The molecule has 1 atom stereocenters. The van der Waals surface area contributed by atoms with Crippen molar-refractivity contribution in [2.75, 3.05) is 0 Å². The molecule has 2 N–H and O–H groups in total. The Morgan fingerprint density at radius 1 is 0.633 bits per heavy atom. The van der Waals surface area contributed by atoms with Crippen LogP contribution in [0.25, 0.3) is 0 Å². The molecule has 3 aromatic carbocycles. The SMILES string of the molecule is CC(C)(C)NC(=O)C(NC(=O)C(c1ccccc1)c1ccccc1)c1ccccc1. The van der Waals surface area contributed by atoms with Crippen LogP contribution in [0.1, 0.15) is 49.4 Å². The Kier molecular flexibility index (Phi) is 6.68. The molecule has 0 aliphatic rings. The highest BCUT2D eigenvalue weighted by Gasteiger charge is 2.30. The van der Waals surface area contributed by atoms with Gasteiger partial charge in [0.2, 0.25) is 11.8 Å². The van der Waals surface area contributed by atoms with Crippen molar-refractivity contribution in [1.82, 2.24) is 10.6 Å². The molecule has 3 rings (SSSR count). The van der Waals surface area contributed by atoms with E-state index in [0.717, 1.165) is 16.7 Å². The van der Waals surface area contributed by atoms with E-state index in [1.807, 2.05) is 112 Å². The summed E-state index contributed by atoms with van der Waals surface area (Å²) >= 11 is 0. The topological polar surface area (TPSA) is 58.2 Å². The molecule has 0 heterocycles. The third-order valence-electron chi connectivity index (χ3n) is 4.71. The summed E-state index contributed by atoms with van der Waals surface area (Å²) in [5.74, 6) is -0.965. The molecule has 0 spiro atoms. The lowest BCUT2D eigenvalue weighted by molar-refractivity contribution is -0.130. The van der Waals surface area contributed by atoms with Gasteiger partial charge in [-0.05, 0) is 37.5 Å². The lowest BCUT2D eigenvalue weighted by Crippen LogP contribution is -2.48. The quantitative estimate of drug-likeness (QED) is 0.636. The predicted octanol–water partition coefficient (Wildman–Crippen LogP) is 4.59. The minimum absolute atomic E-state index is 0.217. The van der Waals surface area contributed by atoms with Crippen molar-refractivity contribution in [3.8, 4) is 0 Å². The lowest BCUT2D eigenvalue weighted by Gasteiger charge is -2.27. The number of nitrogens with one attached hydrogen (secondary N) is 2. The maximum Gasteiger partial charge on any atom is 0.247 e. The molecule has 0 aliphatic carbocycles. The van der Waals surface area contributed by atoms with Crippen LogP contribution in [-0.2, 0) is 9.59 Å². The first-order valence-corrected chi connectivity index (χ1v) is 10.1. The van der Waals surface area contributed by atoms with Crippen LogP contribution < -0.4 is 10.6 Å². The molecule has 1 unspecified atom stereocenters. The molecule has 0 aromatic heterocycles. The molecule has 30 heavy (non-hydrogen) atoms. The highest BCUT2D eigenvalue weighted by molar-refractivity contribution is 5.93. The third kappa shape index (κ3) is 5.57. The van der Waals surface area contributed by atoms with Gasteiger partial charge in [-0.15, -0.1) is 0 Å². The third-order valence-corrected chi connectivity index (χ3v) is 4.71. The van der Waals surface area contributed by atoms with Gasteiger partial charge in [-0.3, -0.25) is 9.59 Å². The molecule has 4 nitrogen and oxygen atoms in total. The number of hydrogen-bond donors (Lipinski definition) is 2. The molecule has 0 bridgehead atoms. The first-order chi connectivity index (χ1) is 14.3. The van der Waals surface area contributed by atoms with Gasteiger partial charge in [0, 0.05) is 5.54 Å². The number of rotatable bonds is 6. The van der Waals surface area contributed by atoms with Gasteiger partial charge in [0.25, 0.3) is 0 Å². The Morgan fingerprint density at radius 3 is 1.43 bits per heavy atom. The summed E-state index contributed by atoms with van der Waals surface area (Å²) in [6.07, 6.45) is 0. The van der Waals surface area contributed by atoms with Gasteiger partial charge in [0.1, 0.15) is 6.04 Å². The fourth-order valence-corrected chi connectivity index (χ4v) is 3.40. The van der Waals surface area contributed by atoms with Gasteiger partial charge in [-0.1, -0.05) is 91.0 Å². The zero-order valence-electron chi connectivity index (χ0n) is 17.6. The number of carbonyl (C=O) groups is 2. The first kappa shape index (κ1) is 21.3. The van der Waals surface area contributed by atoms with Crippen molar-refractivity contribution in [3.63, 3.8) is 0 Å². The molecule has 0 aliphatic heterocycles. The molecule has 4 heteroatoms. The monoisotopic (exact) mass is 400 g/mol. The highest BCUT2D eigenvalue weighted by Crippen LogP contribution is 2.26. The average molecular weight is 401 g/mol. The number of hydrogen-bond acceptors (Lipinski definition) is 2. The van der Waals surface area contributed by atoms with Gasteiger partial charge in [-0.2, -0.15) is 0 Å². The second-order valence-corrected chi connectivity index (χ2v) is 8.35. The standard InChI is InChI=1S/C26H28N2O2/c1-26(2,3)28-25(30)23(21-17-11-6-12-18-21)27-24(29)22(19-13-7-4-8-14-19)20-15-9-5-10-16-20/h4-18,22-23H,1-3H3,(H,27,29)(H,28,30). The maximum atomic E-state index is 13.5. The van der Waals surface area contributed by atoms with Gasteiger partial charge in [0.15, 0.2) is 0 Å². The molecular weight excluding hydrogens is 372 g/mol. The fourth-order valence-electron chi connectivity index (χ4n) is 3.40. The van der Waals surface area contributed by atoms with Gasteiger partial charge in [0.05, 0.1) is 5.92 Å². The van der Waals surface area contributed by atoms with Crippen molar-refractivity contribution in [3.05, 3.63) is 108 Å². The minimum Gasteiger partial charge on any atom is -0.349 e. The maximum absolute atomic E-state index is 13.5. The summed E-state index contributed by atoms with van der Waals surface area (Å²) in [6, 6.07) is 27.8. The van der Waals surface area contributed by atoms with Crippen LogP contribution >= 0.6 is 0 Å².